The first-order valence-corrected chi connectivity index (χ1v) is 7.10. The minimum Gasteiger partial charge on any atom is -0.508 e. The van der Waals surface area contributed by atoms with Crippen molar-refractivity contribution < 1.29 is 10.2 Å². The second-order valence-electron chi connectivity index (χ2n) is 6.66. The Bertz CT molecular complexity index is 401. The molecule has 0 aliphatic heterocycles. The van der Waals surface area contributed by atoms with Crippen molar-refractivity contribution in [2.24, 2.45) is 5.41 Å². The molecular formula is C16H25NO2. The van der Waals surface area contributed by atoms with Gasteiger partial charge in [0.15, 0.2) is 0 Å². The third-order valence-electron chi connectivity index (χ3n) is 4.25. The molecule has 3 nitrogen and oxygen atoms in total. The Morgan fingerprint density at radius 2 is 1.63 bits per heavy atom. The number of hydrogen-bond donors (Lipinski definition) is 3. The molecule has 1 saturated carbocycles. The number of phenols is 1. The minimum absolute atomic E-state index is 0.289. The number of rotatable bonds is 4. The van der Waals surface area contributed by atoms with Gasteiger partial charge in [0, 0.05) is 13.1 Å². The van der Waals surface area contributed by atoms with Crippen molar-refractivity contribution in [3.8, 4) is 5.75 Å². The van der Waals surface area contributed by atoms with Gasteiger partial charge < -0.3 is 15.5 Å². The summed E-state index contributed by atoms with van der Waals surface area (Å²) in [5, 5.41) is 23.1. The fraction of sp³-hybridized carbons (Fsp3) is 0.625. The highest BCUT2D eigenvalue weighted by Crippen LogP contribution is 2.39. The van der Waals surface area contributed by atoms with Crippen LogP contribution in [0.5, 0.6) is 5.75 Å². The fourth-order valence-corrected chi connectivity index (χ4v) is 2.62. The van der Waals surface area contributed by atoms with Crippen LogP contribution in [0.3, 0.4) is 0 Å². The minimum atomic E-state index is -0.549. The van der Waals surface area contributed by atoms with Crippen LogP contribution in [0, 0.1) is 5.41 Å². The first kappa shape index (κ1) is 14.4. The summed E-state index contributed by atoms with van der Waals surface area (Å²) >= 11 is 0. The molecule has 2 rings (SSSR count). The Hall–Kier alpha value is -1.06. The molecular weight excluding hydrogens is 238 g/mol. The van der Waals surface area contributed by atoms with E-state index in [1.54, 1.807) is 12.1 Å². The van der Waals surface area contributed by atoms with Gasteiger partial charge in [-0.1, -0.05) is 26.0 Å². The van der Waals surface area contributed by atoms with Crippen LogP contribution < -0.4 is 5.32 Å². The number of phenolic OH excluding ortho intramolecular Hbond substituents is 1. The fourth-order valence-electron chi connectivity index (χ4n) is 2.62. The zero-order valence-corrected chi connectivity index (χ0v) is 11.9. The Balaban J connectivity index is 1.78. The van der Waals surface area contributed by atoms with E-state index in [2.05, 4.69) is 19.2 Å². The van der Waals surface area contributed by atoms with Crippen LogP contribution in [-0.4, -0.2) is 22.4 Å². The van der Waals surface area contributed by atoms with Crippen molar-refractivity contribution in [3.63, 3.8) is 0 Å². The lowest BCUT2D eigenvalue weighted by molar-refractivity contribution is -0.0245. The lowest BCUT2D eigenvalue weighted by Crippen LogP contribution is -2.44. The van der Waals surface area contributed by atoms with Crippen LogP contribution in [0.1, 0.15) is 45.1 Å². The summed E-state index contributed by atoms with van der Waals surface area (Å²) in [5.41, 5.74) is 0.952. The maximum atomic E-state index is 10.5. The summed E-state index contributed by atoms with van der Waals surface area (Å²) in [7, 11) is 0. The maximum Gasteiger partial charge on any atom is 0.115 e. The molecule has 3 N–H and O–H groups in total. The number of aliphatic hydroxyl groups is 1. The first-order chi connectivity index (χ1) is 8.89. The third-order valence-corrected chi connectivity index (χ3v) is 4.25. The number of aromatic hydroxyl groups is 1. The highest BCUT2D eigenvalue weighted by Gasteiger charge is 2.36. The Kier molecular flexibility index (Phi) is 4.16. The zero-order valence-electron chi connectivity index (χ0n) is 11.9. The van der Waals surface area contributed by atoms with Crippen LogP contribution in [0.4, 0.5) is 0 Å². The molecule has 106 valence electrons. The van der Waals surface area contributed by atoms with Crippen molar-refractivity contribution >= 4 is 0 Å². The predicted octanol–water partition coefficient (Wildman–Crippen LogP) is 2.81. The van der Waals surface area contributed by atoms with E-state index < -0.39 is 5.60 Å². The van der Waals surface area contributed by atoms with Crippen LogP contribution in [0.2, 0.25) is 0 Å². The topological polar surface area (TPSA) is 52.5 Å². The van der Waals surface area contributed by atoms with Crippen molar-refractivity contribution in [1.29, 1.82) is 0 Å². The SMILES string of the molecule is CC1(C)CCC(O)(CNCc2ccc(O)cc2)CC1. The van der Waals surface area contributed by atoms with Gasteiger partial charge >= 0.3 is 0 Å². The summed E-state index contributed by atoms with van der Waals surface area (Å²) in [6.45, 7) is 5.92. The van der Waals surface area contributed by atoms with E-state index in [9.17, 15) is 10.2 Å². The molecule has 0 saturated heterocycles. The summed E-state index contributed by atoms with van der Waals surface area (Å²) in [6.07, 6.45) is 3.93. The summed E-state index contributed by atoms with van der Waals surface area (Å²) in [5.74, 6) is 0.289. The summed E-state index contributed by atoms with van der Waals surface area (Å²) < 4.78 is 0. The molecule has 19 heavy (non-hydrogen) atoms. The molecule has 1 fully saturated rings. The normalized spacial score (nSPS) is 21.2. The lowest BCUT2D eigenvalue weighted by Gasteiger charge is -2.40. The van der Waals surface area contributed by atoms with Gasteiger partial charge in [0.1, 0.15) is 5.75 Å². The quantitative estimate of drug-likeness (QED) is 0.783. The summed E-state index contributed by atoms with van der Waals surface area (Å²) in [6, 6.07) is 7.18. The van der Waals surface area contributed by atoms with Crippen molar-refractivity contribution in [2.75, 3.05) is 6.54 Å². The maximum absolute atomic E-state index is 10.5. The van der Waals surface area contributed by atoms with Gasteiger partial charge in [0.05, 0.1) is 5.60 Å². The van der Waals surface area contributed by atoms with E-state index in [0.717, 1.165) is 37.8 Å². The Morgan fingerprint density at radius 1 is 1.05 bits per heavy atom. The molecule has 1 aliphatic rings. The first-order valence-electron chi connectivity index (χ1n) is 7.10. The van der Waals surface area contributed by atoms with Gasteiger partial charge in [-0.25, -0.2) is 0 Å². The second kappa shape index (κ2) is 5.51. The van der Waals surface area contributed by atoms with Crippen LogP contribution >= 0.6 is 0 Å². The third kappa shape index (κ3) is 4.22. The highest BCUT2D eigenvalue weighted by molar-refractivity contribution is 5.25. The lowest BCUT2D eigenvalue weighted by atomic mass is 9.71. The van der Waals surface area contributed by atoms with E-state index in [1.807, 2.05) is 12.1 Å². The molecule has 1 aromatic rings. The molecule has 1 aliphatic carbocycles. The number of benzene rings is 1. The van der Waals surface area contributed by atoms with E-state index in [0.29, 0.717) is 12.0 Å². The van der Waals surface area contributed by atoms with Gasteiger partial charge in [-0.05, 0) is 48.8 Å². The largest absolute Gasteiger partial charge is 0.508 e. The molecule has 0 heterocycles. The molecule has 1 aromatic carbocycles. The molecule has 0 radical (unpaired) electrons. The average Bonchev–Trinajstić information content (AvgIpc) is 2.36. The molecule has 0 aromatic heterocycles. The van der Waals surface area contributed by atoms with Crippen LogP contribution in [-0.2, 0) is 6.54 Å². The van der Waals surface area contributed by atoms with Gasteiger partial charge in [-0.15, -0.1) is 0 Å². The van der Waals surface area contributed by atoms with Crippen LogP contribution in [0.25, 0.3) is 0 Å². The Labute approximate surface area is 115 Å². The van der Waals surface area contributed by atoms with Crippen molar-refractivity contribution in [1.82, 2.24) is 5.32 Å². The monoisotopic (exact) mass is 263 g/mol. The number of hydrogen-bond acceptors (Lipinski definition) is 3. The Morgan fingerprint density at radius 3 is 2.21 bits per heavy atom. The molecule has 0 unspecified atom stereocenters. The van der Waals surface area contributed by atoms with E-state index in [4.69, 9.17) is 0 Å². The molecule has 0 amide bonds. The molecule has 0 atom stereocenters. The van der Waals surface area contributed by atoms with E-state index in [1.165, 1.54) is 0 Å². The zero-order chi connectivity index (χ0) is 13.9. The smallest absolute Gasteiger partial charge is 0.115 e. The predicted molar refractivity (Wildman–Crippen MR) is 77.0 cm³/mol. The molecule has 0 spiro atoms. The second-order valence-corrected chi connectivity index (χ2v) is 6.66. The van der Waals surface area contributed by atoms with Crippen molar-refractivity contribution in [3.05, 3.63) is 29.8 Å². The number of nitrogens with one attached hydrogen (secondary N) is 1. The van der Waals surface area contributed by atoms with E-state index in [-0.39, 0.29) is 5.75 Å². The van der Waals surface area contributed by atoms with Gasteiger partial charge in [0.25, 0.3) is 0 Å². The van der Waals surface area contributed by atoms with Crippen LogP contribution in [0.15, 0.2) is 24.3 Å². The van der Waals surface area contributed by atoms with E-state index >= 15 is 0 Å². The molecule has 3 heteroatoms. The van der Waals surface area contributed by atoms with Gasteiger partial charge in [-0.2, -0.15) is 0 Å². The molecule has 0 bridgehead atoms. The standard InChI is InChI=1S/C16H25NO2/c1-15(2)7-9-16(19,10-8-15)12-17-11-13-3-5-14(18)6-4-13/h3-6,17-19H,7-12H2,1-2H3. The average molecular weight is 263 g/mol. The van der Waals surface area contributed by atoms with Gasteiger partial charge in [0.2, 0.25) is 0 Å². The summed E-state index contributed by atoms with van der Waals surface area (Å²) in [4.78, 5) is 0. The highest BCUT2D eigenvalue weighted by atomic mass is 16.3. The van der Waals surface area contributed by atoms with Crippen molar-refractivity contribution in [2.45, 2.75) is 51.7 Å². The van der Waals surface area contributed by atoms with Gasteiger partial charge in [-0.3, -0.25) is 0 Å².